The molecular formula is C15H17NO3S. The van der Waals surface area contributed by atoms with Crippen LogP contribution in [0.4, 0.5) is 0 Å². The van der Waals surface area contributed by atoms with Gasteiger partial charge in [-0.25, -0.2) is 4.98 Å². The van der Waals surface area contributed by atoms with Crippen LogP contribution in [0.1, 0.15) is 32.9 Å². The van der Waals surface area contributed by atoms with E-state index in [9.17, 15) is 4.79 Å². The summed E-state index contributed by atoms with van der Waals surface area (Å²) in [7, 11) is 1.58. The van der Waals surface area contributed by atoms with Gasteiger partial charge in [-0.1, -0.05) is 0 Å². The highest BCUT2D eigenvalue weighted by Crippen LogP contribution is 2.27. The third kappa shape index (κ3) is 3.17. The maximum Gasteiger partial charge on any atom is 0.163 e. The van der Waals surface area contributed by atoms with E-state index >= 15 is 0 Å². The number of aromatic nitrogens is 1. The van der Waals surface area contributed by atoms with Gasteiger partial charge in [-0.2, -0.15) is 0 Å². The monoisotopic (exact) mass is 291 g/mol. The molecular weight excluding hydrogens is 274 g/mol. The number of nitrogens with zero attached hydrogens (tertiary/aromatic N) is 1. The Morgan fingerprint density at radius 2 is 2.10 bits per heavy atom. The largest absolute Gasteiger partial charge is 0.497 e. The van der Waals surface area contributed by atoms with Crippen molar-refractivity contribution in [2.75, 3.05) is 7.11 Å². The molecule has 0 atom stereocenters. The van der Waals surface area contributed by atoms with Gasteiger partial charge in [0.1, 0.15) is 23.1 Å². The highest BCUT2D eigenvalue weighted by atomic mass is 32.1. The molecule has 0 radical (unpaired) electrons. The third-order valence-electron chi connectivity index (χ3n) is 2.99. The second-order valence-electron chi connectivity index (χ2n) is 4.46. The Morgan fingerprint density at radius 3 is 2.65 bits per heavy atom. The lowest BCUT2D eigenvalue weighted by molar-refractivity contribution is 0.101. The van der Waals surface area contributed by atoms with Gasteiger partial charge in [0.2, 0.25) is 0 Å². The summed E-state index contributed by atoms with van der Waals surface area (Å²) in [5.41, 5.74) is 1.57. The molecule has 0 bridgehead atoms. The number of benzene rings is 1. The highest BCUT2D eigenvalue weighted by Gasteiger charge is 2.11. The SMILES string of the molecule is COc1ccc(C(C)=O)c(OCc2nc(C)c(C)s2)c1. The quantitative estimate of drug-likeness (QED) is 0.790. The van der Waals surface area contributed by atoms with Crippen molar-refractivity contribution < 1.29 is 14.3 Å². The first-order chi connectivity index (χ1) is 9.51. The Morgan fingerprint density at radius 1 is 1.35 bits per heavy atom. The van der Waals surface area contributed by atoms with Crippen LogP contribution >= 0.6 is 11.3 Å². The summed E-state index contributed by atoms with van der Waals surface area (Å²) in [4.78, 5) is 17.2. The predicted molar refractivity (Wildman–Crippen MR) is 78.9 cm³/mol. The average molecular weight is 291 g/mol. The Labute approximate surface area is 122 Å². The van der Waals surface area contributed by atoms with Gasteiger partial charge in [-0.3, -0.25) is 4.79 Å². The molecule has 106 valence electrons. The van der Waals surface area contributed by atoms with Gasteiger partial charge in [-0.15, -0.1) is 11.3 Å². The van der Waals surface area contributed by atoms with E-state index in [1.165, 1.54) is 11.8 Å². The molecule has 1 aromatic heterocycles. The van der Waals surface area contributed by atoms with Crippen molar-refractivity contribution >= 4 is 17.1 Å². The number of methoxy groups -OCH3 is 1. The van der Waals surface area contributed by atoms with Crippen LogP contribution in [0.3, 0.4) is 0 Å². The Balaban J connectivity index is 2.20. The molecule has 0 spiro atoms. The number of carbonyl (C=O) groups excluding carboxylic acids is 1. The summed E-state index contributed by atoms with van der Waals surface area (Å²) in [5.74, 6) is 1.16. The Hall–Kier alpha value is -1.88. The van der Waals surface area contributed by atoms with Crippen molar-refractivity contribution in [3.63, 3.8) is 0 Å². The van der Waals surface area contributed by atoms with E-state index in [1.807, 2.05) is 13.8 Å². The molecule has 1 heterocycles. The van der Waals surface area contributed by atoms with E-state index in [4.69, 9.17) is 9.47 Å². The number of hydrogen-bond donors (Lipinski definition) is 0. The summed E-state index contributed by atoms with van der Waals surface area (Å²) in [6.45, 7) is 5.88. The van der Waals surface area contributed by atoms with Crippen molar-refractivity contribution in [1.82, 2.24) is 4.98 Å². The molecule has 2 aromatic rings. The van der Waals surface area contributed by atoms with Gasteiger partial charge in [0.25, 0.3) is 0 Å². The van der Waals surface area contributed by atoms with E-state index < -0.39 is 0 Å². The molecule has 20 heavy (non-hydrogen) atoms. The molecule has 0 amide bonds. The zero-order valence-electron chi connectivity index (χ0n) is 12.0. The lowest BCUT2D eigenvalue weighted by Crippen LogP contribution is -2.02. The van der Waals surface area contributed by atoms with Crippen LogP contribution in [0.25, 0.3) is 0 Å². The number of carbonyl (C=O) groups is 1. The van der Waals surface area contributed by atoms with Crippen LogP contribution < -0.4 is 9.47 Å². The number of Topliss-reactive ketones (excluding diaryl/α,β-unsaturated/α-hetero) is 1. The van der Waals surface area contributed by atoms with E-state index in [0.29, 0.717) is 23.7 Å². The normalized spacial score (nSPS) is 10.4. The fourth-order valence-corrected chi connectivity index (χ4v) is 2.63. The first kappa shape index (κ1) is 14.5. The van der Waals surface area contributed by atoms with Crippen LogP contribution in [0.5, 0.6) is 11.5 Å². The molecule has 0 aliphatic heterocycles. The van der Waals surface area contributed by atoms with Crippen molar-refractivity contribution in [2.24, 2.45) is 0 Å². The molecule has 2 rings (SSSR count). The molecule has 0 unspecified atom stereocenters. The average Bonchev–Trinajstić information content (AvgIpc) is 2.75. The van der Waals surface area contributed by atoms with Crippen LogP contribution in [0, 0.1) is 13.8 Å². The minimum absolute atomic E-state index is 0.0332. The van der Waals surface area contributed by atoms with E-state index in [1.54, 1.807) is 36.6 Å². The minimum atomic E-state index is -0.0332. The van der Waals surface area contributed by atoms with Crippen LogP contribution in [0.2, 0.25) is 0 Å². The van der Waals surface area contributed by atoms with Gasteiger partial charge in [0.05, 0.1) is 18.4 Å². The summed E-state index contributed by atoms with van der Waals surface area (Å²) in [6.07, 6.45) is 0. The molecule has 0 N–H and O–H groups in total. The number of hydrogen-bond acceptors (Lipinski definition) is 5. The fraction of sp³-hybridized carbons (Fsp3) is 0.333. The molecule has 1 aromatic carbocycles. The summed E-state index contributed by atoms with van der Waals surface area (Å²) in [5, 5.41) is 0.900. The summed E-state index contributed by atoms with van der Waals surface area (Å²) < 4.78 is 10.9. The molecule has 0 fully saturated rings. The van der Waals surface area contributed by atoms with Crippen molar-refractivity contribution in [1.29, 1.82) is 0 Å². The molecule has 0 saturated heterocycles. The molecule has 0 aliphatic carbocycles. The number of aryl methyl sites for hydroxylation is 2. The number of ketones is 1. The Bertz CT molecular complexity index is 615. The summed E-state index contributed by atoms with van der Waals surface area (Å²) in [6, 6.07) is 5.19. The fourth-order valence-electron chi connectivity index (χ4n) is 1.78. The van der Waals surface area contributed by atoms with E-state index in [-0.39, 0.29) is 5.78 Å². The topological polar surface area (TPSA) is 48.4 Å². The highest BCUT2D eigenvalue weighted by molar-refractivity contribution is 7.11. The van der Waals surface area contributed by atoms with Crippen LogP contribution in [-0.2, 0) is 6.61 Å². The molecule has 0 saturated carbocycles. The van der Waals surface area contributed by atoms with Crippen molar-refractivity contribution in [3.05, 3.63) is 39.3 Å². The number of rotatable bonds is 5. The molecule has 0 aliphatic rings. The smallest absolute Gasteiger partial charge is 0.163 e. The van der Waals surface area contributed by atoms with Crippen LogP contribution in [0.15, 0.2) is 18.2 Å². The van der Waals surface area contributed by atoms with Gasteiger partial charge < -0.3 is 9.47 Å². The second-order valence-corrected chi connectivity index (χ2v) is 5.74. The minimum Gasteiger partial charge on any atom is -0.497 e. The summed E-state index contributed by atoms with van der Waals surface area (Å²) >= 11 is 1.61. The van der Waals surface area contributed by atoms with E-state index in [2.05, 4.69) is 4.98 Å². The maximum absolute atomic E-state index is 11.6. The lowest BCUT2D eigenvalue weighted by Gasteiger charge is -2.10. The maximum atomic E-state index is 11.6. The van der Waals surface area contributed by atoms with Crippen LogP contribution in [-0.4, -0.2) is 17.9 Å². The zero-order chi connectivity index (χ0) is 14.7. The second kappa shape index (κ2) is 6.05. The van der Waals surface area contributed by atoms with E-state index in [0.717, 1.165) is 10.7 Å². The van der Waals surface area contributed by atoms with Gasteiger partial charge in [0, 0.05) is 10.9 Å². The van der Waals surface area contributed by atoms with Gasteiger partial charge in [-0.05, 0) is 32.9 Å². The number of thiazole rings is 1. The van der Waals surface area contributed by atoms with Crippen molar-refractivity contribution in [3.8, 4) is 11.5 Å². The van der Waals surface area contributed by atoms with Gasteiger partial charge >= 0.3 is 0 Å². The molecule has 5 heteroatoms. The molecule has 4 nitrogen and oxygen atoms in total. The standard InChI is InChI=1S/C15H17NO3S/c1-9-11(3)20-15(16-9)8-19-14-7-12(18-4)5-6-13(14)10(2)17/h5-7H,8H2,1-4H3. The van der Waals surface area contributed by atoms with Gasteiger partial charge in [0.15, 0.2) is 5.78 Å². The number of ether oxygens (including phenoxy) is 2. The third-order valence-corrected chi connectivity index (χ3v) is 4.04. The van der Waals surface area contributed by atoms with Crippen molar-refractivity contribution in [2.45, 2.75) is 27.4 Å². The Kier molecular flexibility index (Phi) is 4.39. The predicted octanol–water partition coefficient (Wildman–Crippen LogP) is 3.55. The zero-order valence-corrected chi connectivity index (χ0v) is 12.8. The lowest BCUT2D eigenvalue weighted by atomic mass is 10.1. The first-order valence-electron chi connectivity index (χ1n) is 6.26. The first-order valence-corrected chi connectivity index (χ1v) is 7.07.